The molecular formula is C20H28N4O2. The lowest BCUT2D eigenvalue weighted by Crippen LogP contribution is -2.54. The maximum atomic E-state index is 9.48. The molecule has 0 radical (unpaired) electrons. The van der Waals surface area contributed by atoms with Gasteiger partial charge in [0.2, 0.25) is 11.8 Å². The molecule has 2 heterocycles. The summed E-state index contributed by atoms with van der Waals surface area (Å²) < 4.78 is 5.21. The van der Waals surface area contributed by atoms with Crippen LogP contribution in [0.4, 0.5) is 5.95 Å². The normalized spacial score (nSPS) is 18.1. The number of aliphatic hydroxyl groups is 1. The van der Waals surface area contributed by atoms with Crippen LogP contribution in [0.25, 0.3) is 0 Å². The summed E-state index contributed by atoms with van der Waals surface area (Å²) in [6.45, 7) is 3.93. The molecule has 1 aromatic carbocycles. The first-order valence-electron chi connectivity index (χ1n) is 9.31. The molecule has 0 spiro atoms. The number of aryl methyl sites for hydroxylation is 1. The van der Waals surface area contributed by atoms with Crippen LogP contribution in [0.2, 0.25) is 0 Å². The molecule has 1 saturated heterocycles. The van der Waals surface area contributed by atoms with Gasteiger partial charge in [0.1, 0.15) is 0 Å². The fourth-order valence-electron chi connectivity index (χ4n) is 3.52. The van der Waals surface area contributed by atoms with Crippen molar-refractivity contribution in [3.05, 3.63) is 48.2 Å². The SMILES string of the molecule is COc1ccnc(N2CCN(CCCc3ccccc3)[C@@H](CCO)C2)n1. The lowest BCUT2D eigenvalue weighted by Gasteiger charge is -2.41. The summed E-state index contributed by atoms with van der Waals surface area (Å²) in [6, 6.07) is 12.7. The zero-order valence-electron chi connectivity index (χ0n) is 15.4. The van der Waals surface area contributed by atoms with E-state index in [1.165, 1.54) is 5.56 Å². The Morgan fingerprint density at radius 2 is 2.04 bits per heavy atom. The number of anilines is 1. The van der Waals surface area contributed by atoms with E-state index in [9.17, 15) is 5.11 Å². The molecule has 0 amide bonds. The number of aliphatic hydroxyl groups excluding tert-OH is 1. The van der Waals surface area contributed by atoms with E-state index in [-0.39, 0.29) is 6.61 Å². The highest BCUT2D eigenvalue weighted by Crippen LogP contribution is 2.19. The maximum Gasteiger partial charge on any atom is 0.228 e. The predicted molar refractivity (Wildman–Crippen MR) is 103 cm³/mol. The lowest BCUT2D eigenvalue weighted by molar-refractivity contribution is 0.140. The van der Waals surface area contributed by atoms with Crippen LogP contribution in [0.1, 0.15) is 18.4 Å². The Labute approximate surface area is 155 Å². The third-order valence-corrected chi connectivity index (χ3v) is 4.93. The second-order valence-electron chi connectivity index (χ2n) is 6.64. The van der Waals surface area contributed by atoms with E-state index >= 15 is 0 Å². The largest absolute Gasteiger partial charge is 0.481 e. The van der Waals surface area contributed by atoms with Gasteiger partial charge < -0.3 is 14.7 Å². The van der Waals surface area contributed by atoms with Gasteiger partial charge in [0.25, 0.3) is 0 Å². The molecule has 0 unspecified atom stereocenters. The monoisotopic (exact) mass is 356 g/mol. The third-order valence-electron chi connectivity index (χ3n) is 4.93. The van der Waals surface area contributed by atoms with Crippen LogP contribution in [-0.2, 0) is 6.42 Å². The summed E-state index contributed by atoms with van der Waals surface area (Å²) >= 11 is 0. The number of piperazine rings is 1. The first kappa shape index (κ1) is 18.6. The van der Waals surface area contributed by atoms with Crippen LogP contribution < -0.4 is 9.64 Å². The number of ether oxygens (including phenoxy) is 1. The van der Waals surface area contributed by atoms with Gasteiger partial charge in [-0.2, -0.15) is 4.98 Å². The Morgan fingerprint density at radius 1 is 1.19 bits per heavy atom. The van der Waals surface area contributed by atoms with Crippen LogP contribution in [0.3, 0.4) is 0 Å². The van der Waals surface area contributed by atoms with Crippen molar-refractivity contribution in [1.82, 2.24) is 14.9 Å². The average Bonchev–Trinajstić information content (AvgIpc) is 2.70. The molecule has 6 nitrogen and oxygen atoms in total. The molecule has 1 aromatic heterocycles. The number of hydrogen-bond donors (Lipinski definition) is 1. The average molecular weight is 356 g/mol. The van der Waals surface area contributed by atoms with Crippen molar-refractivity contribution in [3.8, 4) is 5.88 Å². The Kier molecular flexibility index (Phi) is 6.80. The topological polar surface area (TPSA) is 61.7 Å². The third kappa shape index (κ3) is 4.93. The van der Waals surface area contributed by atoms with E-state index in [1.807, 2.05) is 0 Å². The smallest absolute Gasteiger partial charge is 0.228 e. The van der Waals surface area contributed by atoms with Crippen molar-refractivity contribution >= 4 is 5.95 Å². The van der Waals surface area contributed by atoms with Crippen molar-refractivity contribution in [2.75, 3.05) is 44.8 Å². The lowest BCUT2D eigenvalue weighted by atomic mass is 10.1. The van der Waals surface area contributed by atoms with Gasteiger partial charge in [0, 0.05) is 44.5 Å². The minimum absolute atomic E-state index is 0.201. The fraction of sp³-hybridized carbons (Fsp3) is 0.500. The molecule has 1 fully saturated rings. The molecule has 0 aliphatic carbocycles. The number of benzene rings is 1. The van der Waals surface area contributed by atoms with Crippen molar-refractivity contribution in [2.24, 2.45) is 0 Å². The maximum absolute atomic E-state index is 9.48. The molecule has 26 heavy (non-hydrogen) atoms. The molecule has 1 aliphatic rings. The molecule has 1 aliphatic heterocycles. The van der Waals surface area contributed by atoms with Crippen LogP contribution >= 0.6 is 0 Å². The van der Waals surface area contributed by atoms with Crippen LogP contribution in [0.5, 0.6) is 5.88 Å². The Bertz CT molecular complexity index is 668. The summed E-state index contributed by atoms with van der Waals surface area (Å²) in [4.78, 5) is 13.5. The standard InChI is InChI=1S/C20H28N4O2/c1-26-19-9-11-21-20(22-19)24-14-13-23(18(16-24)10-15-25)12-5-8-17-6-3-2-4-7-17/h2-4,6-7,9,11,18,25H,5,8,10,12-16H2,1H3/t18-/m0/s1. The predicted octanol–water partition coefficient (Wildman–Crippen LogP) is 1.99. The van der Waals surface area contributed by atoms with Crippen LogP contribution in [0.15, 0.2) is 42.6 Å². The highest BCUT2D eigenvalue weighted by Gasteiger charge is 2.27. The van der Waals surface area contributed by atoms with Gasteiger partial charge in [-0.1, -0.05) is 30.3 Å². The minimum Gasteiger partial charge on any atom is -0.481 e. The number of aromatic nitrogens is 2. The zero-order chi connectivity index (χ0) is 18.2. The Morgan fingerprint density at radius 3 is 2.81 bits per heavy atom. The summed E-state index contributed by atoms with van der Waals surface area (Å²) in [7, 11) is 1.62. The summed E-state index contributed by atoms with van der Waals surface area (Å²) in [5.41, 5.74) is 1.38. The molecule has 6 heteroatoms. The molecule has 2 aromatic rings. The van der Waals surface area contributed by atoms with Gasteiger partial charge in [0.15, 0.2) is 0 Å². The summed E-state index contributed by atoms with van der Waals surface area (Å²) in [5.74, 6) is 1.29. The number of methoxy groups -OCH3 is 1. The van der Waals surface area contributed by atoms with Crippen molar-refractivity contribution < 1.29 is 9.84 Å². The zero-order valence-corrected chi connectivity index (χ0v) is 15.4. The van der Waals surface area contributed by atoms with Gasteiger partial charge in [-0.3, -0.25) is 4.90 Å². The van der Waals surface area contributed by atoms with Crippen molar-refractivity contribution in [1.29, 1.82) is 0 Å². The van der Waals surface area contributed by atoms with Crippen LogP contribution in [0, 0.1) is 0 Å². The quantitative estimate of drug-likeness (QED) is 0.781. The molecule has 0 bridgehead atoms. The van der Waals surface area contributed by atoms with Gasteiger partial charge >= 0.3 is 0 Å². The molecule has 140 valence electrons. The molecular weight excluding hydrogens is 328 g/mol. The minimum atomic E-state index is 0.201. The van der Waals surface area contributed by atoms with E-state index in [1.54, 1.807) is 19.4 Å². The summed E-state index contributed by atoms with van der Waals surface area (Å²) in [5, 5.41) is 9.48. The highest BCUT2D eigenvalue weighted by atomic mass is 16.5. The molecule has 1 N–H and O–H groups in total. The van der Waals surface area contributed by atoms with Gasteiger partial charge in [-0.25, -0.2) is 4.98 Å². The van der Waals surface area contributed by atoms with E-state index in [0.29, 0.717) is 17.9 Å². The van der Waals surface area contributed by atoms with Crippen LogP contribution in [-0.4, -0.2) is 65.9 Å². The molecule has 1 atom stereocenters. The molecule has 3 rings (SSSR count). The second kappa shape index (κ2) is 9.50. The number of nitrogens with zero attached hydrogens (tertiary/aromatic N) is 4. The Balaban J connectivity index is 1.57. The first-order valence-corrected chi connectivity index (χ1v) is 9.31. The second-order valence-corrected chi connectivity index (χ2v) is 6.64. The first-order chi connectivity index (χ1) is 12.8. The van der Waals surface area contributed by atoms with E-state index < -0.39 is 0 Å². The molecule has 0 saturated carbocycles. The van der Waals surface area contributed by atoms with E-state index in [0.717, 1.165) is 45.4 Å². The Hall–Kier alpha value is -2.18. The highest BCUT2D eigenvalue weighted by molar-refractivity contribution is 5.33. The van der Waals surface area contributed by atoms with Gasteiger partial charge in [-0.15, -0.1) is 0 Å². The summed E-state index contributed by atoms with van der Waals surface area (Å²) in [6.07, 6.45) is 4.72. The van der Waals surface area contributed by atoms with Gasteiger partial charge in [0.05, 0.1) is 7.11 Å². The van der Waals surface area contributed by atoms with E-state index in [2.05, 4.69) is 50.1 Å². The van der Waals surface area contributed by atoms with E-state index in [4.69, 9.17) is 4.74 Å². The number of rotatable bonds is 8. The van der Waals surface area contributed by atoms with Gasteiger partial charge in [-0.05, 0) is 31.4 Å². The van der Waals surface area contributed by atoms with Crippen molar-refractivity contribution in [2.45, 2.75) is 25.3 Å². The van der Waals surface area contributed by atoms with Crippen molar-refractivity contribution in [3.63, 3.8) is 0 Å². The fourth-order valence-corrected chi connectivity index (χ4v) is 3.52. The number of hydrogen-bond acceptors (Lipinski definition) is 6.